The molecule has 1 aromatic rings. The molecule has 0 unspecified atom stereocenters. The van der Waals surface area contributed by atoms with Crippen LogP contribution in [0.15, 0.2) is 24.3 Å². The Kier molecular flexibility index (Phi) is 4.22. The largest absolute Gasteiger partial charge is 0.395 e. The van der Waals surface area contributed by atoms with Crippen molar-refractivity contribution in [1.29, 1.82) is 0 Å². The van der Waals surface area contributed by atoms with Gasteiger partial charge in [-0.2, -0.15) is 0 Å². The minimum Gasteiger partial charge on any atom is -0.395 e. The van der Waals surface area contributed by atoms with Crippen LogP contribution in [0, 0.1) is 0 Å². The molecule has 0 bridgehead atoms. The van der Waals surface area contributed by atoms with Crippen LogP contribution in [0.3, 0.4) is 0 Å². The van der Waals surface area contributed by atoms with Crippen LogP contribution in [0.4, 0.5) is 0 Å². The van der Waals surface area contributed by atoms with Crippen molar-refractivity contribution in [2.24, 2.45) is 0 Å². The van der Waals surface area contributed by atoms with Gasteiger partial charge in [-0.25, -0.2) is 0 Å². The molecule has 3 heteroatoms. The fourth-order valence-electron chi connectivity index (χ4n) is 0.959. The van der Waals surface area contributed by atoms with Gasteiger partial charge in [0, 0.05) is 17.6 Å². The molecule has 1 rings (SSSR count). The average molecular weight is 200 g/mol. The lowest BCUT2D eigenvalue weighted by atomic mass is 10.2. The number of aliphatic hydroxyl groups is 1. The number of nitrogens with one attached hydrogen (secondary N) is 1. The first-order valence-electron chi connectivity index (χ1n) is 4.31. The average Bonchev–Trinajstić information content (AvgIpc) is 2.16. The van der Waals surface area contributed by atoms with Gasteiger partial charge in [0.15, 0.2) is 0 Å². The fraction of sp³-hybridized carbons (Fsp3) is 0.400. The Morgan fingerprint density at radius 2 is 2.00 bits per heavy atom. The summed E-state index contributed by atoms with van der Waals surface area (Å²) in [7, 11) is 0. The van der Waals surface area contributed by atoms with Crippen molar-refractivity contribution >= 4 is 11.6 Å². The first-order chi connectivity index (χ1) is 6.22. The van der Waals surface area contributed by atoms with Crippen molar-refractivity contribution in [3.05, 3.63) is 34.9 Å². The third kappa shape index (κ3) is 3.77. The zero-order valence-electron chi connectivity index (χ0n) is 7.63. The molecular formula is C10H14ClNO. The molecule has 0 radical (unpaired) electrons. The second-order valence-corrected chi connectivity index (χ2v) is 3.53. The van der Waals surface area contributed by atoms with Crippen LogP contribution < -0.4 is 5.32 Å². The van der Waals surface area contributed by atoms with Crippen molar-refractivity contribution in [3.63, 3.8) is 0 Å². The quantitative estimate of drug-likeness (QED) is 0.776. The lowest BCUT2D eigenvalue weighted by Gasteiger charge is -2.10. The summed E-state index contributed by atoms with van der Waals surface area (Å²) in [6, 6.07) is 7.80. The Morgan fingerprint density at radius 1 is 1.38 bits per heavy atom. The van der Waals surface area contributed by atoms with Gasteiger partial charge in [0.1, 0.15) is 0 Å². The zero-order valence-corrected chi connectivity index (χ0v) is 8.38. The predicted molar refractivity (Wildman–Crippen MR) is 54.8 cm³/mol. The van der Waals surface area contributed by atoms with Gasteiger partial charge in [0.25, 0.3) is 0 Å². The van der Waals surface area contributed by atoms with Gasteiger partial charge < -0.3 is 10.4 Å². The van der Waals surface area contributed by atoms with Crippen LogP contribution in [-0.2, 0) is 6.54 Å². The summed E-state index contributed by atoms with van der Waals surface area (Å²) in [5.74, 6) is 0. The number of benzene rings is 1. The molecule has 0 amide bonds. The van der Waals surface area contributed by atoms with Crippen LogP contribution in [0.5, 0.6) is 0 Å². The summed E-state index contributed by atoms with van der Waals surface area (Å²) < 4.78 is 0. The molecule has 0 saturated heterocycles. The number of hydrogen-bond acceptors (Lipinski definition) is 2. The normalized spacial score (nSPS) is 12.8. The third-order valence-electron chi connectivity index (χ3n) is 1.84. The third-order valence-corrected chi connectivity index (χ3v) is 2.09. The van der Waals surface area contributed by atoms with Crippen molar-refractivity contribution in [1.82, 2.24) is 5.32 Å². The Bertz CT molecular complexity index is 248. The maximum Gasteiger partial charge on any atom is 0.0582 e. The van der Waals surface area contributed by atoms with Crippen molar-refractivity contribution in [2.75, 3.05) is 6.61 Å². The molecule has 0 spiro atoms. The molecule has 1 aromatic carbocycles. The Morgan fingerprint density at radius 3 is 2.54 bits per heavy atom. The van der Waals surface area contributed by atoms with E-state index >= 15 is 0 Å². The minimum absolute atomic E-state index is 0.135. The van der Waals surface area contributed by atoms with E-state index in [1.807, 2.05) is 31.2 Å². The predicted octanol–water partition coefficient (Wildman–Crippen LogP) is 1.81. The van der Waals surface area contributed by atoms with Gasteiger partial charge in [-0.05, 0) is 24.6 Å². The Balaban J connectivity index is 2.41. The van der Waals surface area contributed by atoms with E-state index in [1.54, 1.807) is 0 Å². The van der Waals surface area contributed by atoms with E-state index < -0.39 is 0 Å². The maximum atomic E-state index is 8.77. The minimum atomic E-state index is 0.135. The molecule has 0 aliphatic heterocycles. The summed E-state index contributed by atoms with van der Waals surface area (Å²) in [6.07, 6.45) is 0. The van der Waals surface area contributed by atoms with Crippen LogP contribution in [-0.4, -0.2) is 17.8 Å². The van der Waals surface area contributed by atoms with Crippen molar-refractivity contribution in [2.45, 2.75) is 19.5 Å². The van der Waals surface area contributed by atoms with E-state index in [2.05, 4.69) is 5.32 Å². The van der Waals surface area contributed by atoms with Crippen LogP contribution in [0.1, 0.15) is 12.5 Å². The molecule has 0 aliphatic rings. The monoisotopic (exact) mass is 199 g/mol. The van der Waals surface area contributed by atoms with Gasteiger partial charge in [-0.3, -0.25) is 0 Å². The summed E-state index contributed by atoms with van der Waals surface area (Å²) in [5, 5.41) is 12.7. The van der Waals surface area contributed by atoms with Gasteiger partial charge in [-0.1, -0.05) is 23.7 Å². The number of rotatable bonds is 4. The highest BCUT2D eigenvalue weighted by Gasteiger charge is 1.98. The molecule has 1 atom stereocenters. The van der Waals surface area contributed by atoms with Crippen LogP contribution >= 0.6 is 11.6 Å². The summed E-state index contributed by atoms with van der Waals surface area (Å²) in [5.41, 5.74) is 1.17. The molecule has 13 heavy (non-hydrogen) atoms. The highest BCUT2D eigenvalue weighted by Crippen LogP contribution is 2.09. The van der Waals surface area contributed by atoms with E-state index in [4.69, 9.17) is 16.7 Å². The van der Waals surface area contributed by atoms with E-state index in [9.17, 15) is 0 Å². The molecule has 0 aromatic heterocycles. The van der Waals surface area contributed by atoms with E-state index in [0.717, 1.165) is 11.6 Å². The molecule has 0 aliphatic carbocycles. The molecule has 2 nitrogen and oxygen atoms in total. The standard InChI is InChI=1S/C10H14ClNO/c1-8(7-13)12-6-9-2-4-10(11)5-3-9/h2-5,8,12-13H,6-7H2,1H3/t8-/m1/s1. The van der Waals surface area contributed by atoms with Gasteiger partial charge >= 0.3 is 0 Å². The molecule has 72 valence electrons. The van der Waals surface area contributed by atoms with E-state index in [1.165, 1.54) is 5.56 Å². The summed E-state index contributed by atoms with van der Waals surface area (Å²) >= 11 is 5.74. The summed E-state index contributed by atoms with van der Waals surface area (Å²) in [4.78, 5) is 0. The molecule has 2 N–H and O–H groups in total. The molecule has 0 fully saturated rings. The Hall–Kier alpha value is -0.570. The molecule has 0 heterocycles. The maximum absolute atomic E-state index is 8.77. The molecular weight excluding hydrogens is 186 g/mol. The molecule has 0 saturated carbocycles. The van der Waals surface area contributed by atoms with Crippen LogP contribution in [0.2, 0.25) is 5.02 Å². The lowest BCUT2D eigenvalue weighted by Crippen LogP contribution is -2.28. The number of aliphatic hydroxyl groups excluding tert-OH is 1. The number of hydrogen-bond donors (Lipinski definition) is 2. The SMILES string of the molecule is C[C@H](CO)NCc1ccc(Cl)cc1. The smallest absolute Gasteiger partial charge is 0.0582 e. The van der Waals surface area contributed by atoms with Crippen LogP contribution in [0.25, 0.3) is 0 Å². The van der Waals surface area contributed by atoms with E-state index in [0.29, 0.717) is 0 Å². The van der Waals surface area contributed by atoms with Gasteiger partial charge in [0.05, 0.1) is 6.61 Å². The van der Waals surface area contributed by atoms with Crippen molar-refractivity contribution in [3.8, 4) is 0 Å². The van der Waals surface area contributed by atoms with Gasteiger partial charge in [0.2, 0.25) is 0 Å². The Labute approximate surface area is 83.5 Å². The zero-order chi connectivity index (χ0) is 9.68. The first kappa shape index (κ1) is 10.5. The lowest BCUT2D eigenvalue weighted by molar-refractivity contribution is 0.251. The second-order valence-electron chi connectivity index (χ2n) is 3.09. The van der Waals surface area contributed by atoms with Crippen molar-refractivity contribution < 1.29 is 5.11 Å². The number of halogens is 1. The highest BCUT2D eigenvalue weighted by molar-refractivity contribution is 6.30. The summed E-state index contributed by atoms with van der Waals surface area (Å²) in [6.45, 7) is 2.86. The van der Waals surface area contributed by atoms with Gasteiger partial charge in [-0.15, -0.1) is 0 Å². The topological polar surface area (TPSA) is 32.3 Å². The fourth-order valence-corrected chi connectivity index (χ4v) is 1.08. The highest BCUT2D eigenvalue weighted by atomic mass is 35.5. The van der Waals surface area contributed by atoms with E-state index in [-0.39, 0.29) is 12.6 Å². The second kappa shape index (κ2) is 5.22. The first-order valence-corrected chi connectivity index (χ1v) is 4.69.